The van der Waals surface area contributed by atoms with Gasteiger partial charge in [-0.25, -0.2) is 0 Å². The summed E-state index contributed by atoms with van der Waals surface area (Å²) in [6, 6.07) is 0.808. The van der Waals surface area contributed by atoms with Crippen molar-refractivity contribution in [3.8, 4) is 0 Å². The van der Waals surface area contributed by atoms with Gasteiger partial charge in [0.15, 0.2) is 0 Å². The molecule has 0 amide bonds. The molecule has 3 heteroatoms. The predicted octanol–water partition coefficient (Wildman–Crippen LogP) is 0.670. The molecule has 0 aromatic rings. The molecular weight excluding hydrogens is 186 g/mol. The zero-order valence-electron chi connectivity index (χ0n) is 9.97. The van der Waals surface area contributed by atoms with E-state index in [0.29, 0.717) is 0 Å². The van der Waals surface area contributed by atoms with E-state index in [9.17, 15) is 0 Å². The monoisotopic (exact) mass is 211 g/mol. The largest absolute Gasteiger partial charge is 0.314 e. The van der Waals surface area contributed by atoms with Gasteiger partial charge < -0.3 is 10.6 Å². The van der Waals surface area contributed by atoms with E-state index in [1.165, 1.54) is 58.5 Å². The lowest BCUT2D eigenvalue weighted by molar-refractivity contribution is 0.238. The molecule has 1 aliphatic heterocycles. The lowest BCUT2D eigenvalue weighted by Crippen LogP contribution is -2.46. The highest BCUT2D eigenvalue weighted by Gasteiger charge is 2.20. The van der Waals surface area contributed by atoms with Crippen molar-refractivity contribution in [3.05, 3.63) is 0 Å². The van der Waals surface area contributed by atoms with Gasteiger partial charge in [0, 0.05) is 45.3 Å². The molecule has 2 rings (SSSR count). The zero-order chi connectivity index (χ0) is 10.5. The Labute approximate surface area is 93.6 Å². The Morgan fingerprint density at radius 1 is 1.27 bits per heavy atom. The first kappa shape index (κ1) is 11.4. The van der Waals surface area contributed by atoms with E-state index in [2.05, 4.69) is 22.5 Å². The van der Waals surface area contributed by atoms with Crippen molar-refractivity contribution < 1.29 is 0 Å². The van der Waals surface area contributed by atoms with E-state index in [1.54, 1.807) is 0 Å². The fourth-order valence-electron chi connectivity index (χ4n) is 2.75. The molecule has 2 unspecified atom stereocenters. The van der Waals surface area contributed by atoms with Crippen molar-refractivity contribution in [2.75, 3.05) is 39.3 Å². The first-order chi connectivity index (χ1) is 7.34. The Morgan fingerprint density at radius 3 is 2.73 bits per heavy atom. The van der Waals surface area contributed by atoms with Gasteiger partial charge in [-0.05, 0) is 25.2 Å². The molecule has 0 radical (unpaired) electrons. The number of nitrogens with one attached hydrogen (secondary N) is 2. The lowest BCUT2D eigenvalue weighted by atomic mass is 10.1. The highest BCUT2D eigenvalue weighted by atomic mass is 15.2. The van der Waals surface area contributed by atoms with Gasteiger partial charge in [0.05, 0.1) is 0 Å². The van der Waals surface area contributed by atoms with Crippen LogP contribution < -0.4 is 10.6 Å². The van der Waals surface area contributed by atoms with Crippen molar-refractivity contribution in [3.63, 3.8) is 0 Å². The first-order valence-electron chi connectivity index (χ1n) is 6.51. The summed E-state index contributed by atoms with van der Waals surface area (Å²) >= 11 is 0. The zero-order valence-corrected chi connectivity index (χ0v) is 9.97. The highest BCUT2D eigenvalue weighted by molar-refractivity contribution is 4.79. The van der Waals surface area contributed by atoms with Crippen LogP contribution in [0.1, 0.15) is 26.2 Å². The van der Waals surface area contributed by atoms with Gasteiger partial charge in [-0.3, -0.25) is 4.90 Å². The maximum atomic E-state index is 3.70. The first-order valence-corrected chi connectivity index (χ1v) is 6.51. The van der Waals surface area contributed by atoms with Crippen molar-refractivity contribution in [2.24, 2.45) is 5.92 Å². The molecule has 2 atom stereocenters. The smallest absolute Gasteiger partial charge is 0.0108 e. The molecule has 0 spiro atoms. The molecule has 2 aliphatic rings. The third kappa shape index (κ3) is 3.74. The van der Waals surface area contributed by atoms with Gasteiger partial charge in [0.25, 0.3) is 0 Å². The quantitative estimate of drug-likeness (QED) is 0.716. The maximum Gasteiger partial charge on any atom is 0.0108 e. The Balaban J connectivity index is 1.54. The Bertz CT molecular complexity index is 173. The normalized spacial score (nSPS) is 33.4. The van der Waals surface area contributed by atoms with E-state index in [4.69, 9.17) is 0 Å². The molecule has 88 valence electrons. The fourth-order valence-corrected chi connectivity index (χ4v) is 2.75. The second-order valence-corrected chi connectivity index (χ2v) is 5.16. The van der Waals surface area contributed by atoms with Gasteiger partial charge in [0.1, 0.15) is 0 Å². The molecule has 2 N–H and O–H groups in total. The van der Waals surface area contributed by atoms with Crippen LogP contribution in [0.3, 0.4) is 0 Å². The summed E-state index contributed by atoms with van der Waals surface area (Å²) in [6.07, 6.45) is 4.20. The van der Waals surface area contributed by atoms with E-state index in [1.807, 2.05) is 0 Å². The van der Waals surface area contributed by atoms with Crippen LogP contribution >= 0.6 is 0 Å². The number of rotatable bonds is 4. The Hall–Kier alpha value is -0.120. The van der Waals surface area contributed by atoms with Crippen LogP contribution in [0.5, 0.6) is 0 Å². The average molecular weight is 211 g/mol. The minimum absolute atomic E-state index is 0.808. The summed E-state index contributed by atoms with van der Waals surface area (Å²) in [7, 11) is 0. The van der Waals surface area contributed by atoms with Gasteiger partial charge >= 0.3 is 0 Å². The molecule has 0 aromatic carbocycles. The van der Waals surface area contributed by atoms with Crippen molar-refractivity contribution in [2.45, 2.75) is 32.2 Å². The van der Waals surface area contributed by atoms with Gasteiger partial charge in [-0.2, -0.15) is 0 Å². The summed E-state index contributed by atoms with van der Waals surface area (Å²) < 4.78 is 0. The number of piperazine rings is 1. The van der Waals surface area contributed by atoms with E-state index >= 15 is 0 Å². The van der Waals surface area contributed by atoms with Crippen LogP contribution in [0.15, 0.2) is 0 Å². The molecule has 1 saturated heterocycles. The minimum Gasteiger partial charge on any atom is -0.314 e. The third-order valence-electron chi connectivity index (χ3n) is 3.77. The molecule has 2 fully saturated rings. The van der Waals surface area contributed by atoms with Gasteiger partial charge in [-0.15, -0.1) is 0 Å². The molecule has 1 saturated carbocycles. The fraction of sp³-hybridized carbons (Fsp3) is 1.00. The van der Waals surface area contributed by atoms with Crippen molar-refractivity contribution in [1.82, 2.24) is 15.5 Å². The van der Waals surface area contributed by atoms with E-state index in [0.717, 1.165) is 12.0 Å². The summed E-state index contributed by atoms with van der Waals surface area (Å²) in [5.41, 5.74) is 0. The van der Waals surface area contributed by atoms with Crippen LogP contribution in [-0.2, 0) is 0 Å². The highest BCUT2D eigenvalue weighted by Crippen LogP contribution is 2.24. The molecule has 1 aliphatic carbocycles. The molecule has 3 nitrogen and oxygen atoms in total. The Morgan fingerprint density at radius 2 is 2.07 bits per heavy atom. The minimum atomic E-state index is 0.808. The predicted molar refractivity (Wildman–Crippen MR) is 64.1 cm³/mol. The van der Waals surface area contributed by atoms with Gasteiger partial charge in [0.2, 0.25) is 0 Å². The van der Waals surface area contributed by atoms with Crippen molar-refractivity contribution in [1.29, 1.82) is 0 Å². The Kier molecular flexibility index (Phi) is 4.42. The third-order valence-corrected chi connectivity index (χ3v) is 3.77. The average Bonchev–Trinajstić information content (AvgIpc) is 2.66. The van der Waals surface area contributed by atoms with Crippen LogP contribution in [0, 0.1) is 5.92 Å². The SMILES string of the molecule is CC1CCC(NCCN2CCNCC2)C1. The summed E-state index contributed by atoms with van der Waals surface area (Å²) in [5, 5.41) is 7.09. The lowest BCUT2D eigenvalue weighted by Gasteiger charge is -2.27. The van der Waals surface area contributed by atoms with Crippen LogP contribution in [-0.4, -0.2) is 50.2 Å². The molecule has 1 heterocycles. The van der Waals surface area contributed by atoms with Crippen LogP contribution in [0.2, 0.25) is 0 Å². The molecule has 0 aromatic heterocycles. The number of hydrogen-bond acceptors (Lipinski definition) is 3. The van der Waals surface area contributed by atoms with Gasteiger partial charge in [-0.1, -0.05) is 6.92 Å². The van der Waals surface area contributed by atoms with Crippen LogP contribution in [0.25, 0.3) is 0 Å². The van der Waals surface area contributed by atoms with Crippen molar-refractivity contribution >= 4 is 0 Å². The summed E-state index contributed by atoms with van der Waals surface area (Å²) in [6.45, 7) is 9.56. The maximum absolute atomic E-state index is 3.70. The van der Waals surface area contributed by atoms with Crippen LogP contribution in [0.4, 0.5) is 0 Å². The standard InChI is InChI=1S/C12H25N3/c1-11-2-3-12(10-11)14-6-9-15-7-4-13-5-8-15/h11-14H,2-10H2,1H3. The summed E-state index contributed by atoms with van der Waals surface area (Å²) in [4.78, 5) is 2.56. The topological polar surface area (TPSA) is 27.3 Å². The molecule has 15 heavy (non-hydrogen) atoms. The second kappa shape index (κ2) is 5.83. The second-order valence-electron chi connectivity index (χ2n) is 5.16. The van der Waals surface area contributed by atoms with E-state index < -0.39 is 0 Å². The molecular formula is C12H25N3. The number of hydrogen-bond donors (Lipinski definition) is 2. The molecule has 0 bridgehead atoms. The number of nitrogens with zero attached hydrogens (tertiary/aromatic N) is 1. The van der Waals surface area contributed by atoms with E-state index in [-0.39, 0.29) is 0 Å². The summed E-state index contributed by atoms with van der Waals surface area (Å²) in [5.74, 6) is 0.946.